The second-order valence-corrected chi connectivity index (χ2v) is 6.45. The number of pyridine rings is 1. The van der Waals surface area contributed by atoms with E-state index >= 15 is 0 Å². The number of nitrogens with zero attached hydrogens (tertiary/aromatic N) is 7. The Balaban J connectivity index is 1.61. The molecule has 5 aromatic heterocycles. The molecular formula is C19H17N7. The lowest BCUT2D eigenvalue weighted by Crippen LogP contribution is -2.05. The zero-order chi connectivity index (χ0) is 17.7. The number of fused-ring (bicyclic) bond motifs is 2. The molecule has 0 bridgehead atoms. The third-order valence-electron chi connectivity index (χ3n) is 4.74. The minimum Gasteiger partial charge on any atom is -0.307 e. The predicted octanol–water partition coefficient (Wildman–Crippen LogP) is 2.93. The lowest BCUT2D eigenvalue weighted by molar-refractivity contribution is 0.767. The van der Waals surface area contributed by atoms with Crippen molar-refractivity contribution in [2.24, 2.45) is 7.05 Å². The van der Waals surface area contributed by atoms with Crippen molar-refractivity contribution in [3.8, 4) is 11.3 Å². The summed E-state index contributed by atoms with van der Waals surface area (Å²) in [5, 5.41) is 9.03. The molecule has 0 aliphatic carbocycles. The van der Waals surface area contributed by atoms with Crippen molar-refractivity contribution >= 4 is 11.3 Å². The molecule has 5 rings (SSSR count). The molecule has 0 aliphatic rings. The summed E-state index contributed by atoms with van der Waals surface area (Å²) in [5.74, 6) is 0.147. The highest BCUT2D eigenvalue weighted by atomic mass is 15.3. The van der Waals surface area contributed by atoms with Gasteiger partial charge >= 0.3 is 0 Å². The Morgan fingerprint density at radius 3 is 2.69 bits per heavy atom. The molecule has 5 aromatic rings. The van der Waals surface area contributed by atoms with E-state index in [0.717, 1.165) is 28.2 Å². The molecular weight excluding hydrogens is 326 g/mol. The Hall–Kier alpha value is -3.48. The van der Waals surface area contributed by atoms with E-state index < -0.39 is 0 Å². The van der Waals surface area contributed by atoms with E-state index in [9.17, 15) is 0 Å². The Bertz CT molecular complexity index is 1230. The van der Waals surface area contributed by atoms with Crippen LogP contribution in [0.1, 0.15) is 24.1 Å². The molecule has 1 unspecified atom stereocenters. The van der Waals surface area contributed by atoms with Crippen LogP contribution in [0.4, 0.5) is 0 Å². The van der Waals surface area contributed by atoms with Gasteiger partial charge in [0.15, 0.2) is 5.65 Å². The summed E-state index contributed by atoms with van der Waals surface area (Å²) in [6.07, 6.45) is 11.6. The van der Waals surface area contributed by atoms with Crippen molar-refractivity contribution in [3.63, 3.8) is 0 Å². The molecule has 26 heavy (non-hydrogen) atoms. The highest BCUT2D eigenvalue weighted by molar-refractivity contribution is 5.58. The van der Waals surface area contributed by atoms with E-state index in [4.69, 9.17) is 5.10 Å². The summed E-state index contributed by atoms with van der Waals surface area (Å²) >= 11 is 0. The van der Waals surface area contributed by atoms with Gasteiger partial charge in [0.1, 0.15) is 5.65 Å². The summed E-state index contributed by atoms with van der Waals surface area (Å²) in [6.45, 7) is 2.17. The highest BCUT2D eigenvalue weighted by Gasteiger charge is 2.16. The average Bonchev–Trinajstić information content (AvgIpc) is 3.38. The van der Waals surface area contributed by atoms with Gasteiger partial charge in [0.05, 0.1) is 23.8 Å². The maximum absolute atomic E-state index is 4.80. The van der Waals surface area contributed by atoms with Crippen LogP contribution < -0.4 is 0 Å². The largest absolute Gasteiger partial charge is 0.307 e. The van der Waals surface area contributed by atoms with Gasteiger partial charge in [-0.1, -0.05) is 13.0 Å². The smallest absolute Gasteiger partial charge is 0.153 e. The van der Waals surface area contributed by atoms with Crippen LogP contribution in [0.15, 0.2) is 61.4 Å². The Morgan fingerprint density at radius 1 is 0.962 bits per heavy atom. The zero-order valence-corrected chi connectivity index (χ0v) is 14.5. The number of rotatable bonds is 3. The average molecular weight is 343 g/mol. The first-order valence-electron chi connectivity index (χ1n) is 8.45. The zero-order valence-electron chi connectivity index (χ0n) is 14.5. The molecule has 0 fully saturated rings. The van der Waals surface area contributed by atoms with Crippen LogP contribution in [-0.4, -0.2) is 33.8 Å². The normalized spacial score (nSPS) is 12.8. The molecule has 0 saturated heterocycles. The minimum atomic E-state index is 0.147. The molecule has 128 valence electrons. The summed E-state index contributed by atoms with van der Waals surface area (Å²) in [7, 11) is 1.90. The number of aromatic nitrogens is 7. The topological polar surface area (TPSA) is 65.3 Å². The molecule has 0 saturated carbocycles. The molecule has 0 amide bonds. The molecule has 7 nitrogen and oxygen atoms in total. The third kappa shape index (κ3) is 2.28. The van der Waals surface area contributed by atoms with Crippen molar-refractivity contribution < 1.29 is 0 Å². The van der Waals surface area contributed by atoms with E-state index in [0.29, 0.717) is 0 Å². The molecule has 0 N–H and O–H groups in total. The van der Waals surface area contributed by atoms with Crippen molar-refractivity contribution in [2.75, 3.05) is 0 Å². The second-order valence-electron chi connectivity index (χ2n) is 6.45. The van der Waals surface area contributed by atoms with Crippen LogP contribution in [0.25, 0.3) is 22.6 Å². The molecule has 0 spiro atoms. The first-order chi connectivity index (χ1) is 12.7. The summed E-state index contributed by atoms with van der Waals surface area (Å²) < 4.78 is 5.73. The predicted molar refractivity (Wildman–Crippen MR) is 97.9 cm³/mol. The lowest BCUT2D eigenvalue weighted by Gasteiger charge is -2.12. The maximum Gasteiger partial charge on any atom is 0.153 e. The number of imidazole rings is 2. The number of hydrogen-bond donors (Lipinski definition) is 0. The second kappa shape index (κ2) is 5.52. The van der Waals surface area contributed by atoms with Crippen LogP contribution in [0.5, 0.6) is 0 Å². The van der Waals surface area contributed by atoms with E-state index in [1.165, 1.54) is 5.56 Å². The van der Waals surface area contributed by atoms with Crippen LogP contribution in [0.2, 0.25) is 0 Å². The lowest BCUT2D eigenvalue weighted by atomic mass is 10.0. The standard InChI is InChI=1S/C19H17N7/c1-13(14-3-5-18-20-7-8-25(18)12-14)17-10-21-19-6-4-16(23-26(17)19)15-9-22-24(2)11-15/h3-13H,1-2H3. The van der Waals surface area contributed by atoms with Crippen LogP contribution in [0, 0.1) is 0 Å². The van der Waals surface area contributed by atoms with Gasteiger partial charge in [-0.3, -0.25) is 4.68 Å². The van der Waals surface area contributed by atoms with E-state index in [1.54, 1.807) is 10.9 Å². The summed E-state index contributed by atoms with van der Waals surface area (Å²) in [6, 6.07) is 8.11. The highest BCUT2D eigenvalue weighted by Crippen LogP contribution is 2.26. The van der Waals surface area contributed by atoms with Gasteiger partial charge in [-0.15, -0.1) is 0 Å². The minimum absolute atomic E-state index is 0.147. The van der Waals surface area contributed by atoms with Gasteiger partial charge in [-0.05, 0) is 23.8 Å². The Kier molecular flexibility index (Phi) is 3.15. The van der Waals surface area contributed by atoms with Gasteiger partial charge in [0, 0.05) is 43.3 Å². The van der Waals surface area contributed by atoms with E-state index in [2.05, 4.69) is 34.3 Å². The number of hydrogen-bond acceptors (Lipinski definition) is 4. The van der Waals surface area contributed by atoms with Gasteiger partial charge in [0.2, 0.25) is 0 Å². The number of aryl methyl sites for hydroxylation is 1. The van der Waals surface area contributed by atoms with Crippen molar-refractivity contribution in [1.29, 1.82) is 0 Å². The molecule has 1 atom stereocenters. The monoisotopic (exact) mass is 343 g/mol. The fourth-order valence-electron chi connectivity index (χ4n) is 3.26. The summed E-state index contributed by atoms with van der Waals surface area (Å²) in [4.78, 5) is 8.82. The van der Waals surface area contributed by atoms with E-state index in [-0.39, 0.29) is 5.92 Å². The van der Waals surface area contributed by atoms with Crippen LogP contribution >= 0.6 is 0 Å². The first-order valence-corrected chi connectivity index (χ1v) is 8.45. The molecule has 5 heterocycles. The van der Waals surface area contributed by atoms with Gasteiger partial charge < -0.3 is 4.40 Å². The maximum atomic E-state index is 4.80. The fraction of sp³-hybridized carbons (Fsp3) is 0.158. The Labute approximate surface area is 149 Å². The third-order valence-corrected chi connectivity index (χ3v) is 4.74. The van der Waals surface area contributed by atoms with Gasteiger partial charge in [-0.25, -0.2) is 14.5 Å². The van der Waals surface area contributed by atoms with Crippen molar-refractivity contribution in [2.45, 2.75) is 12.8 Å². The van der Waals surface area contributed by atoms with Crippen molar-refractivity contribution in [1.82, 2.24) is 33.8 Å². The molecule has 7 heteroatoms. The Morgan fingerprint density at radius 2 is 1.85 bits per heavy atom. The molecule has 0 aliphatic heterocycles. The van der Waals surface area contributed by atoms with Gasteiger partial charge in [-0.2, -0.15) is 10.2 Å². The SMILES string of the molecule is CC(c1ccc2nccn2c1)c1cnc2ccc(-c3cnn(C)c3)nn12. The molecule has 0 radical (unpaired) electrons. The fourth-order valence-corrected chi connectivity index (χ4v) is 3.26. The van der Waals surface area contributed by atoms with Crippen LogP contribution in [-0.2, 0) is 7.05 Å². The quantitative estimate of drug-likeness (QED) is 0.505. The van der Waals surface area contributed by atoms with Gasteiger partial charge in [0.25, 0.3) is 0 Å². The molecule has 0 aromatic carbocycles. The van der Waals surface area contributed by atoms with E-state index in [1.807, 2.05) is 59.0 Å². The van der Waals surface area contributed by atoms with Crippen LogP contribution in [0.3, 0.4) is 0 Å². The van der Waals surface area contributed by atoms with Crippen molar-refractivity contribution in [3.05, 3.63) is 72.7 Å². The first kappa shape index (κ1) is 14.8. The summed E-state index contributed by atoms with van der Waals surface area (Å²) in [5.41, 5.74) is 5.87.